The molecule has 2 aliphatic heterocycles. The zero-order chi connectivity index (χ0) is 20.9. The normalized spacial score (nSPS) is 27.7. The summed E-state index contributed by atoms with van der Waals surface area (Å²) in [6, 6.07) is 7.90. The standard InChI is InChI=1S/C21H26ClN3O4S/c22-15-3-1-14(2-4-15)10-25-11-16(26)12-28-13-19-18(25)6-5-17(29-19)9-20(27)24-21-23-7-8-30-21/h1-4,7-8,16-19,26H,5-6,9-13H2,(H,23,24,27)/t16-,17-,18-,19+/m1/s1. The van der Waals surface area contributed by atoms with Gasteiger partial charge in [-0.25, -0.2) is 4.98 Å². The first-order valence-corrected chi connectivity index (χ1v) is 11.4. The van der Waals surface area contributed by atoms with Crippen LogP contribution >= 0.6 is 22.9 Å². The topological polar surface area (TPSA) is 83.9 Å². The lowest BCUT2D eigenvalue weighted by Crippen LogP contribution is -2.55. The first-order valence-electron chi connectivity index (χ1n) is 10.2. The molecule has 2 aromatic rings. The molecule has 2 fully saturated rings. The minimum atomic E-state index is -0.542. The maximum Gasteiger partial charge on any atom is 0.228 e. The van der Waals surface area contributed by atoms with E-state index in [-0.39, 0.29) is 30.8 Å². The highest BCUT2D eigenvalue weighted by Crippen LogP contribution is 2.29. The SMILES string of the molecule is O=C(C[C@H]1CC[C@@H]2[C@H](COC[C@H](O)CN2Cc2ccc(Cl)cc2)O1)Nc1nccs1. The molecule has 2 aliphatic rings. The van der Waals surface area contributed by atoms with Crippen molar-refractivity contribution in [3.63, 3.8) is 0 Å². The van der Waals surface area contributed by atoms with Crippen LogP contribution < -0.4 is 5.32 Å². The average molecular weight is 452 g/mol. The number of ether oxygens (including phenoxy) is 2. The van der Waals surface area contributed by atoms with Crippen LogP contribution in [0, 0.1) is 0 Å². The number of hydrogen-bond acceptors (Lipinski definition) is 7. The smallest absolute Gasteiger partial charge is 0.228 e. The van der Waals surface area contributed by atoms with Gasteiger partial charge in [0, 0.05) is 35.7 Å². The number of benzene rings is 1. The van der Waals surface area contributed by atoms with E-state index in [1.54, 1.807) is 6.20 Å². The third kappa shape index (κ3) is 5.78. The molecule has 4 rings (SSSR count). The molecule has 0 saturated carbocycles. The number of β-amino-alcohol motifs (C(OH)–C–C–N with tert-alkyl or cyclic N) is 1. The number of anilines is 1. The number of carbonyl (C=O) groups excluding carboxylic acids is 1. The van der Waals surface area contributed by atoms with E-state index in [1.165, 1.54) is 11.3 Å². The maximum atomic E-state index is 12.3. The van der Waals surface area contributed by atoms with Gasteiger partial charge in [-0.3, -0.25) is 9.69 Å². The van der Waals surface area contributed by atoms with E-state index in [4.69, 9.17) is 21.1 Å². The Labute approximate surface area is 185 Å². The van der Waals surface area contributed by atoms with Crippen molar-refractivity contribution in [1.29, 1.82) is 0 Å². The van der Waals surface area contributed by atoms with Crippen molar-refractivity contribution in [2.24, 2.45) is 0 Å². The number of amides is 1. The number of aliphatic hydroxyl groups excluding tert-OH is 1. The molecule has 2 saturated heterocycles. The quantitative estimate of drug-likeness (QED) is 0.727. The van der Waals surface area contributed by atoms with Crippen LogP contribution in [0.2, 0.25) is 5.02 Å². The molecule has 0 bridgehead atoms. The van der Waals surface area contributed by atoms with Gasteiger partial charge in [0.05, 0.1) is 37.9 Å². The van der Waals surface area contributed by atoms with E-state index in [1.807, 2.05) is 29.6 Å². The summed E-state index contributed by atoms with van der Waals surface area (Å²) in [6.45, 7) is 1.90. The van der Waals surface area contributed by atoms with Crippen molar-refractivity contribution in [3.05, 3.63) is 46.4 Å². The Morgan fingerprint density at radius 1 is 1.30 bits per heavy atom. The second-order valence-electron chi connectivity index (χ2n) is 7.78. The molecular weight excluding hydrogens is 426 g/mol. The summed E-state index contributed by atoms with van der Waals surface area (Å²) >= 11 is 7.41. The number of nitrogens with zero attached hydrogens (tertiary/aromatic N) is 2. The van der Waals surface area contributed by atoms with Gasteiger partial charge in [0.1, 0.15) is 0 Å². The maximum absolute atomic E-state index is 12.3. The van der Waals surface area contributed by atoms with Gasteiger partial charge in [-0.15, -0.1) is 11.3 Å². The van der Waals surface area contributed by atoms with E-state index >= 15 is 0 Å². The van der Waals surface area contributed by atoms with Crippen molar-refractivity contribution in [3.8, 4) is 0 Å². The average Bonchev–Trinajstić information content (AvgIpc) is 3.21. The van der Waals surface area contributed by atoms with Gasteiger partial charge in [-0.2, -0.15) is 0 Å². The van der Waals surface area contributed by atoms with E-state index in [9.17, 15) is 9.90 Å². The predicted molar refractivity (Wildman–Crippen MR) is 116 cm³/mol. The lowest BCUT2D eigenvalue weighted by Gasteiger charge is -2.44. The minimum absolute atomic E-state index is 0.0893. The number of carbonyl (C=O) groups is 1. The fourth-order valence-corrected chi connectivity index (χ4v) is 4.79. The van der Waals surface area contributed by atoms with Crippen LogP contribution in [0.5, 0.6) is 0 Å². The van der Waals surface area contributed by atoms with Crippen LogP contribution in [0.1, 0.15) is 24.8 Å². The lowest BCUT2D eigenvalue weighted by molar-refractivity contribution is -0.156. The number of halogens is 1. The van der Waals surface area contributed by atoms with Crippen molar-refractivity contribution >= 4 is 34.0 Å². The Balaban J connectivity index is 1.39. The largest absolute Gasteiger partial charge is 0.389 e. The zero-order valence-electron chi connectivity index (χ0n) is 16.6. The molecule has 162 valence electrons. The highest BCUT2D eigenvalue weighted by molar-refractivity contribution is 7.13. The third-order valence-electron chi connectivity index (χ3n) is 5.48. The van der Waals surface area contributed by atoms with Crippen LogP contribution in [0.15, 0.2) is 35.8 Å². The summed E-state index contributed by atoms with van der Waals surface area (Å²) in [6.07, 6.45) is 2.77. The highest BCUT2D eigenvalue weighted by atomic mass is 35.5. The molecule has 1 aromatic carbocycles. The van der Waals surface area contributed by atoms with Crippen LogP contribution in [0.25, 0.3) is 0 Å². The van der Waals surface area contributed by atoms with Crippen LogP contribution in [-0.2, 0) is 20.8 Å². The molecule has 0 aliphatic carbocycles. The first-order chi connectivity index (χ1) is 14.6. The minimum Gasteiger partial charge on any atom is -0.389 e. The van der Waals surface area contributed by atoms with Gasteiger partial charge in [0.2, 0.25) is 5.91 Å². The molecule has 30 heavy (non-hydrogen) atoms. The fourth-order valence-electron chi connectivity index (χ4n) is 4.11. The monoisotopic (exact) mass is 451 g/mol. The van der Waals surface area contributed by atoms with Gasteiger partial charge in [-0.05, 0) is 30.5 Å². The Hall–Kier alpha value is -1.55. The van der Waals surface area contributed by atoms with E-state index < -0.39 is 6.10 Å². The molecule has 7 nitrogen and oxygen atoms in total. The molecule has 0 radical (unpaired) electrons. The summed E-state index contributed by atoms with van der Waals surface area (Å²) in [5.41, 5.74) is 1.14. The summed E-state index contributed by atoms with van der Waals surface area (Å²) in [5.74, 6) is -0.0893. The third-order valence-corrected chi connectivity index (χ3v) is 6.42. The van der Waals surface area contributed by atoms with E-state index in [0.717, 1.165) is 18.4 Å². The van der Waals surface area contributed by atoms with Crippen molar-refractivity contribution in [2.75, 3.05) is 25.1 Å². The second-order valence-corrected chi connectivity index (χ2v) is 9.11. The molecule has 9 heteroatoms. The number of thiazole rings is 1. The molecule has 2 N–H and O–H groups in total. The molecule has 1 aromatic heterocycles. The van der Waals surface area contributed by atoms with Crippen LogP contribution in [0.4, 0.5) is 5.13 Å². The van der Waals surface area contributed by atoms with Gasteiger partial charge in [-0.1, -0.05) is 23.7 Å². The Kier molecular flexibility index (Phi) is 7.35. The number of nitrogens with one attached hydrogen (secondary N) is 1. The van der Waals surface area contributed by atoms with Gasteiger partial charge < -0.3 is 19.9 Å². The van der Waals surface area contributed by atoms with Gasteiger partial charge in [0.15, 0.2) is 5.13 Å². The van der Waals surface area contributed by atoms with Crippen LogP contribution in [0.3, 0.4) is 0 Å². The number of aliphatic hydroxyl groups is 1. The zero-order valence-corrected chi connectivity index (χ0v) is 18.1. The number of hydrogen-bond donors (Lipinski definition) is 2. The lowest BCUT2D eigenvalue weighted by atomic mass is 9.94. The molecule has 0 spiro atoms. The number of fused-ring (bicyclic) bond motifs is 1. The van der Waals surface area contributed by atoms with Crippen molar-refractivity contribution < 1.29 is 19.4 Å². The first kappa shape index (κ1) is 21.7. The Bertz CT molecular complexity index is 820. The van der Waals surface area contributed by atoms with Crippen molar-refractivity contribution in [2.45, 2.75) is 50.2 Å². The molecule has 0 unspecified atom stereocenters. The summed E-state index contributed by atoms with van der Waals surface area (Å²) in [4.78, 5) is 18.7. The Morgan fingerprint density at radius 2 is 2.13 bits per heavy atom. The fraction of sp³-hybridized carbons (Fsp3) is 0.524. The number of rotatable bonds is 5. The van der Waals surface area contributed by atoms with Crippen molar-refractivity contribution in [1.82, 2.24) is 9.88 Å². The summed E-state index contributed by atoms with van der Waals surface area (Å²) in [5, 5.41) is 16.3. The summed E-state index contributed by atoms with van der Waals surface area (Å²) < 4.78 is 12.0. The molecule has 1 amide bonds. The van der Waals surface area contributed by atoms with E-state index in [0.29, 0.717) is 36.3 Å². The summed E-state index contributed by atoms with van der Waals surface area (Å²) in [7, 11) is 0. The van der Waals surface area contributed by atoms with E-state index in [2.05, 4.69) is 15.2 Å². The van der Waals surface area contributed by atoms with Crippen LogP contribution in [-0.4, -0.2) is 65.0 Å². The molecular formula is C21H26ClN3O4S. The Morgan fingerprint density at radius 3 is 2.90 bits per heavy atom. The molecule has 4 atom stereocenters. The molecule has 3 heterocycles. The van der Waals surface area contributed by atoms with Gasteiger partial charge >= 0.3 is 0 Å². The van der Waals surface area contributed by atoms with Gasteiger partial charge in [0.25, 0.3) is 0 Å². The highest BCUT2D eigenvalue weighted by Gasteiger charge is 2.38. The number of aromatic nitrogens is 1. The second kappa shape index (κ2) is 10.2. The predicted octanol–water partition coefficient (Wildman–Crippen LogP) is 2.93.